The van der Waals surface area contributed by atoms with Crippen molar-refractivity contribution in [3.8, 4) is 0 Å². The minimum absolute atomic E-state index is 0.0707. The number of ether oxygens (including phenoxy) is 1. The number of benzene rings is 1. The van der Waals surface area contributed by atoms with Crippen molar-refractivity contribution in [1.82, 2.24) is 0 Å². The Morgan fingerprint density at radius 1 is 1.21 bits per heavy atom. The van der Waals surface area contributed by atoms with E-state index in [4.69, 9.17) is 9.16 Å². The molecule has 24 heavy (non-hydrogen) atoms. The third-order valence-electron chi connectivity index (χ3n) is 6.03. The van der Waals surface area contributed by atoms with Crippen LogP contribution in [0.25, 0.3) is 0 Å². The van der Waals surface area contributed by atoms with Gasteiger partial charge in [-0.1, -0.05) is 51.1 Å². The highest BCUT2D eigenvalue weighted by atomic mass is 28.4. The highest BCUT2D eigenvalue weighted by molar-refractivity contribution is 6.74. The monoisotopic (exact) mass is 344 g/mol. The Morgan fingerprint density at radius 3 is 2.58 bits per heavy atom. The van der Waals surface area contributed by atoms with Crippen molar-refractivity contribution in [2.45, 2.75) is 82.7 Å². The normalized spacial score (nSPS) is 26.5. The molecule has 0 saturated carbocycles. The lowest BCUT2D eigenvalue weighted by molar-refractivity contribution is 0.264. The van der Waals surface area contributed by atoms with Crippen LogP contribution in [-0.2, 0) is 15.6 Å². The predicted molar refractivity (Wildman–Crippen MR) is 103 cm³/mol. The minimum atomic E-state index is -1.77. The topological polar surface area (TPSA) is 21.8 Å². The number of fused-ring (bicyclic) bond motifs is 1. The summed E-state index contributed by atoms with van der Waals surface area (Å²) in [6.07, 6.45) is 8.21. The van der Waals surface area contributed by atoms with E-state index < -0.39 is 8.32 Å². The van der Waals surface area contributed by atoms with E-state index in [0.717, 1.165) is 31.4 Å². The highest BCUT2D eigenvalue weighted by Crippen LogP contribution is 2.53. The molecule has 1 aromatic rings. The Kier molecular flexibility index (Phi) is 4.69. The molecule has 1 fully saturated rings. The predicted octanol–water partition coefficient (Wildman–Crippen LogP) is 5.85. The number of allylic oxidation sites excluding steroid dienone is 1. The van der Waals surface area contributed by atoms with Gasteiger partial charge in [-0.3, -0.25) is 0 Å². The van der Waals surface area contributed by atoms with E-state index in [-0.39, 0.29) is 16.7 Å². The van der Waals surface area contributed by atoms with Gasteiger partial charge in [0.15, 0.2) is 0 Å². The van der Waals surface area contributed by atoms with Crippen molar-refractivity contribution in [2.24, 2.45) is 0 Å². The average Bonchev–Trinajstić information content (AvgIpc) is 3.23. The Labute approximate surface area is 148 Å². The van der Waals surface area contributed by atoms with Crippen LogP contribution in [0.2, 0.25) is 18.1 Å². The van der Waals surface area contributed by atoms with Gasteiger partial charge in [0.25, 0.3) is 0 Å². The number of epoxide rings is 1. The van der Waals surface area contributed by atoms with E-state index in [1.165, 1.54) is 12.0 Å². The maximum absolute atomic E-state index is 6.56. The molecule has 2 atom stereocenters. The summed E-state index contributed by atoms with van der Waals surface area (Å²) in [4.78, 5) is 0. The molecular formula is C21H32O2Si. The number of rotatable bonds is 6. The zero-order chi connectivity index (χ0) is 17.4. The SMILES string of the molecule is CC(C)(C)[Si](C)(C)OC1=CCCC2(CCCc3ccccc3)OC12. The molecule has 0 amide bonds. The van der Waals surface area contributed by atoms with Gasteiger partial charge in [-0.25, -0.2) is 0 Å². The molecule has 1 saturated heterocycles. The van der Waals surface area contributed by atoms with Gasteiger partial charge in [-0.15, -0.1) is 0 Å². The van der Waals surface area contributed by atoms with Crippen molar-refractivity contribution in [3.63, 3.8) is 0 Å². The lowest BCUT2D eigenvalue weighted by Crippen LogP contribution is -2.41. The summed E-state index contributed by atoms with van der Waals surface area (Å²) in [5, 5.41) is 0.232. The second-order valence-electron chi connectivity index (χ2n) is 8.91. The second kappa shape index (κ2) is 6.34. The van der Waals surface area contributed by atoms with E-state index >= 15 is 0 Å². The molecule has 0 bridgehead atoms. The van der Waals surface area contributed by atoms with Crippen LogP contribution in [0.5, 0.6) is 0 Å². The fraction of sp³-hybridized carbons (Fsp3) is 0.619. The molecule has 1 aliphatic heterocycles. The molecule has 0 radical (unpaired) electrons. The van der Waals surface area contributed by atoms with Gasteiger partial charge < -0.3 is 9.16 Å². The van der Waals surface area contributed by atoms with E-state index in [2.05, 4.69) is 70.3 Å². The molecule has 1 aromatic carbocycles. The summed E-state index contributed by atoms with van der Waals surface area (Å²) in [6.45, 7) is 11.5. The van der Waals surface area contributed by atoms with E-state index in [1.54, 1.807) is 0 Å². The Morgan fingerprint density at radius 2 is 1.92 bits per heavy atom. The Hall–Kier alpha value is -1.06. The Balaban J connectivity index is 1.56. The summed E-state index contributed by atoms with van der Waals surface area (Å²) < 4.78 is 12.8. The molecule has 132 valence electrons. The molecule has 2 unspecified atom stereocenters. The Bertz CT molecular complexity index is 600. The smallest absolute Gasteiger partial charge is 0.250 e. The van der Waals surface area contributed by atoms with Gasteiger partial charge in [-0.05, 0) is 61.9 Å². The van der Waals surface area contributed by atoms with E-state index in [9.17, 15) is 0 Å². The van der Waals surface area contributed by atoms with Crippen LogP contribution < -0.4 is 0 Å². The quantitative estimate of drug-likeness (QED) is 0.477. The summed E-state index contributed by atoms with van der Waals surface area (Å²) in [6, 6.07) is 10.8. The molecule has 0 spiro atoms. The van der Waals surface area contributed by atoms with E-state index in [0.29, 0.717) is 0 Å². The van der Waals surface area contributed by atoms with E-state index in [1.807, 2.05) is 0 Å². The van der Waals surface area contributed by atoms with Gasteiger partial charge >= 0.3 is 0 Å². The third-order valence-corrected chi connectivity index (χ3v) is 10.4. The van der Waals surface area contributed by atoms with Crippen molar-refractivity contribution < 1.29 is 9.16 Å². The van der Waals surface area contributed by atoms with Crippen molar-refractivity contribution in [2.75, 3.05) is 0 Å². The maximum atomic E-state index is 6.56. The van der Waals surface area contributed by atoms with Crippen LogP contribution >= 0.6 is 0 Å². The van der Waals surface area contributed by atoms with Crippen LogP contribution in [0.4, 0.5) is 0 Å². The van der Waals surface area contributed by atoms with Crippen LogP contribution in [0.3, 0.4) is 0 Å². The first-order valence-electron chi connectivity index (χ1n) is 9.34. The summed E-state index contributed by atoms with van der Waals surface area (Å²) in [5.41, 5.74) is 1.50. The third kappa shape index (κ3) is 3.62. The standard InChI is InChI=1S/C21H32O2Si/c1-20(2,3)24(4,5)23-18-14-10-16-21(19(18)22-21)15-9-13-17-11-7-6-8-12-17/h6-8,11-12,14,19H,9-10,13,15-16H2,1-5H3. The molecule has 0 N–H and O–H groups in total. The molecule has 3 heteroatoms. The van der Waals surface area contributed by atoms with Gasteiger partial charge in [0, 0.05) is 0 Å². The first-order chi connectivity index (χ1) is 11.2. The minimum Gasteiger partial charge on any atom is -0.545 e. The van der Waals surface area contributed by atoms with Crippen molar-refractivity contribution in [3.05, 3.63) is 47.7 Å². The van der Waals surface area contributed by atoms with Crippen molar-refractivity contribution >= 4 is 8.32 Å². The summed E-state index contributed by atoms with van der Waals surface area (Å²) in [7, 11) is -1.77. The molecule has 3 rings (SSSR count). The van der Waals surface area contributed by atoms with Gasteiger partial charge in [0.1, 0.15) is 17.5 Å². The first-order valence-corrected chi connectivity index (χ1v) is 12.3. The number of hydrogen-bond donors (Lipinski definition) is 0. The lowest BCUT2D eigenvalue weighted by atomic mass is 9.88. The van der Waals surface area contributed by atoms with Crippen LogP contribution in [0, 0.1) is 0 Å². The fourth-order valence-corrected chi connectivity index (χ4v) is 4.45. The molecular weight excluding hydrogens is 312 g/mol. The van der Waals surface area contributed by atoms with Gasteiger partial charge in [0.05, 0.1) is 0 Å². The second-order valence-corrected chi connectivity index (χ2v) is 13.6. The molecule has 1 heterocycles. The van der Waals surface area contributed by atoms with Crippen LogP contribution in [0.1, 0.15) is 52.0 Å². The maximum Gasteiger partial charge on any atom is 0.250 e. The van der Waals surface area contributed by atoms with Crippen LogP contribution in [0.15, 0.2) is 42.2 Å². The first kappa shape index (κ1) is 17.8. The molecule has 2 aliphatic rings. The fourth-order valence-electron chi connectivity index (χ4n) is 3.37. The molecule has 1 aliphatic carbocycles. The zero-order valence-corrected chi connectivity index (χ0v) is 16.9. The lowest BCUT2D eigenvalue weighted by Gasteiger charge is -2.37. The number of aryl methyl sites for hydroxylation is 1. The van der Waals surface area contributed by atoms with Crippen molar-refractivity contribution in [1.29, 1.82) is 0 Å². The summed E-state index contributed by atoms with van der Waals surface area (Å²) >= 11 is 0. The summed E-state index contributed by atoms with van der Waals surface area (Å²) in [5.74, 6) is 1.13. The number of hydrogen-bond acceptors (Lipinski definition) is 2. The van der Waals surface area contributed by atoms with Gasteiger partial charge in [0.2, 0.25) is 8.32 Å². The zero-order valence-electron chi connectivity index (χ0n) is 15.9. The van der Waals surface area contributed by atoms with Crippen LogP contribution in [-0.4, -0.2) is 20.0 Å². The molecule has 2 nitrogen and oxygen atoms in total. The highest BCUT2D eigenvalue weighted by Gasteiger charge is 2.60. The van der Waals surface area contributed by atoms with Gasteiger partial charge in [-0.2, -0.15) is 0 Å². The molecule has 0 aromatic heterocycles. The average molecular weight is 345 g/mol. The largest absolute Gasteiger partial charge is 0.545 e.